The number of benzene rings is 4. The van der Waals surface area contributed by atoms with E-state index >= 15 is 0 Å². The van der Waals surface area contributed by atoms with Crippen LogP contribution in [0.3, 0.4) is 0 Å². The maximum Gasteiger partial charge on any atom is 0.397 e. The summed E-state index contributed by atoms with van der Waals surface area (Å²) < 4.78 is 16.6. The molecule has 0 amide bonds. The Labute approximate surface area is 230 Å². The van der Waals surface area contributed by atoms with Crippen molar-refractivity contribution in [2.45, 2.75) is 19.5 Å². The Bertz CT molecular complexity index is 2270. The highest BCUT2D eigenvalue weighted by atomic mass is 16.5. The number of aryl methyl sites for hydroxylation is 2. The smallest absolute Gasteiger partial charge is 0.397 e. The minimum atomic E-state index is -0.644. The fourth-order valence-electron chi connectivity index (χ4n) is 7.86. The van der Waals surface area contributed by atoms with Crippen LogP contribution in [0.5, 0.6) is 11.5 Å². The topological polar surface area (TPSA) is 26.8 Å². The van der Waals surface area contributed by atoms with Crippen LogP contribution in [-0.2, 0) is 5.66 Å². The van der Waals surface area contributed by atoms with Crippen LogP contribution in [0.15, 0.2) is 110 Å². The second kappa shape index (κ2) is 6.69. The average molecular weight is 517 g/mol. The molecule has 3 aliphatic heterocycles. The van der Waals surface area contributed by atoms with Crippen LogP contribution < -0.4 is 14.0 Å². The number of rotatable bonds is 1. The van der Waals surface area contributed by atoms with Gasteiger partial charge in [-0.1, -0.05) is 41.1 Å². The molecule has 5 heteroatoms. The highest BCUT2D eigenvalue weighted by molar-refractivity contribution is 6.07. The quantitative estimate of drug-likeness (QED) is 0.230. The van der Waals surface area contributed by atoms with E-state index in [4.69, 9.17) is 4.74 Å². The molecule has 188 valence electrons. The maximum absolute atomic E-state index is 7.05. The van der Waals surface area contributed by atoms with Gasteiger partial charge in [-0.25, -0.2) is 0 Å². The Kier molecular flexibility index (Phi) is 3.47. The molecule has 7 aromatic rings. The number of pyridine rings is 1. The molecule has 4 aromatic carbocycles. The summed E-state index contributed by atoms with van der Waals surface area (Å²) in [5.74, 6) is 1.83. The lowest BCUT2D eigenvalue weighted by molar-refractivity contribution is -0.987. The highest BCUT2D eigenvalue weighted by Crippen LogP contribution is 2.56. The number of fused-ring (bicyclic) bond motifs is 6. The van der Waals surface area contributed by atoms with E-state index in [9.17, 15) is 0 Å². The van der Waals surface area contributed by atoms with E-state index in [-0.39, 0.29) is 0 Å². The van der Waals surface area contributed by atoms with Crippen molar-refractivity contribution in [1.82, 2.24) is 9.25 Å². The SMILES string of the molecule is Cc1cccc(C)c1-c1ccc2c3c1Oc1cccc4c1C3([n+]1cccc3c5ccccc5n-4c31)[n+]1cccn1-2. The zero-order chi connectivity index (χ0) is 26.3. The number of nitrogens with zero attached hydrogens (tertiary/aromatic N) is 4. The lowest BCUT2D eigenvalue weighted by Gasteiger charge is -2.33. The molecule has 1 spiro atoms. The van der Waals surface area contributed by atoms with Gasteiger partial charge in [-0.05, 0) is 79.1 Å². The van der Waals surface area contributed by atoms with Gasteiger partial charge in [0.05, 0.1) is 17.8 Å². The second-order valence-corrected chi connectivity index (χ2v) is 11.2. The van der Waals surface area contributed by atoms with E-state index in [1.807, 2.05) is 0 Å². The molecule has 0 fully saturated rings. The van der Waals surface area contributed by atoms with E-state index in [1.165, 1.54) is 44.2 Å². The fourth-order valence-corrected chi connectivity index (χ4v) is 7.86. The molecule has 10 rings (SSSR count). The first-order valence-corrected chi connectivity index (χ1v) is 13.8. The standard InChI is InChI=1S/C35H24N4O/c1-21-9-5-10-22(2)30(21)25-16-17-27-32-33(25)40-29-15-6-14-28-31(29)35(32,38-20-8-19-37(27)38)36-18-7-12-24-23-11-3-4-13-26(23)39(28)34(24)36/h3-20H,1-2H3/q+2. The van der Waals surface area contributed by atoms with Gasteiger partial charge in [-0.15, -0.1) is 4.68 Å². The molecular formula is C35H24N4O+2. The molecule has 6 heterocycles. The van der Waals surface area contributed by atoms with Crippen molar-refractivity contribution in [2.24, 2.45) is 0 Å². The number of para-hydroxylation sites is 1. The van der Waals surface area contributed by atoms with Crippen molar-refractivity contribution in [3.63, 3.8) is 0 Å². The van der Waals surface area contributed by atoms with E-state index in [1.54, 1.807) is 0 Å². The van der Waals surface area contributed by atoms with Crippen LogP contribution in [0.1, 0.15) is 22.3 Å². The van der Waals surface area contributed by atoms with Crippen molar-refractivity contribution in [1.29, 1.82) is 0 Å². The molecule has 1 unspecified atom stereocenters. The van der Waals surface area contributed by atoms with Crippen LogP contribution in [0.2, 0.25) is 0 Å². The highest BCUT2D eigenvalue weighted by Gasteiger charge is 2.68. The van der Waals surface area contributed by atoms with Crippen molar-refractivity contribution in [2.75, 3.05) is 0 Å². The van der Waals surface area contributed by atoms with Crippen LogP contribution >= 0.6 is 0 Å². The summed E-state index contributed by atoms with van der Waals surface area (Å²) in [6.07, 6.45) is 6.62. The summed E-state index contributed by atoms with van der Waals surface area (Å²) in [6.45, 7) is 4.39. The molecule has 0 radical (unpaired) electrons. The van der Waals surface area contributed by atoms with Gasteiger partial charge in [-0.2, -0.15) is 9.13 Å². The molecule has 0 bridgehead atoms. The third kappa shape index (κ3) is 2.07. The summed E-state index contributed by atoms with van der Waals surface area (Å²) in [5.41, 5.74) is 11.3. The third-order valence-electron chi connectivity index (χ3n) is 9.27. The van der Waals surface area contributed by atoms with E-state index in [2.05, 4.69) is 142 Å². The molecule has 0 N–H and O–H groups in total. The van der Waals surface area contributed by atoms with Crippen LogP contribution in [0.25, 0.3) is 44.4 Å². The first kappa shape index (κ1) is 20.8. The minimum Gasteiger partial charge on any atom is -0.455 e. The van der Waals surface area contributed by atoms with Crippen molar-refractivity contribution in [3.05, 3.63) is 132 Å². The Morgan fingerprint density at radius 3 is 2.42 bits per heavy atom. The lowest BCUT2D eigenvalue weighted by atomic mass is 9.82. The Morgan fingerprint density at radius 2 is 1.52 bits per heavy atom. The van der Waals surface area contributed by atoms with Gasteiger partial charge in [0.2, 0.25) is 6.20 Å². The molecule has 3 aliphatic rings. The van der Waals surface area contributed by atoms with E-state index in [0.29, 0.717) is 0 Å². The van der Waals surface area contributed by atoms with Gasteiger partial charge in [0.15, 0.2) is 22.6 Å². The zero-order valence-corrected chi connectivity index (χ0v) is 22.1. The first-order chi connectivity index (χ1) is 19.7. The largest absolute Gasteiger partial charge is 0.455 e. The molecule has 0 saturated carbocycles. The van der Waals surface area contributed by atoms with Crippen molar-refractivity contribution in [3.8, 4) is 34.0 Å². The van der Waals surface area contributed by atoms with Gasteiger partial charge in [0.25, 0.3) is 0 Å². The molecule has 5 nitrogen and oxygen atoms in total. The summed E-state index contributed by atoms with van der Waals surface area (Å²) in [7, 11) is 0. The monoisotopic (exact) mass is 516 g/mol. The van der Waals surface area contributed by atoms with Gasteiger partial charge in [-0.3, -0.25) is 0 Å². The maximum atomic E-state index is 7.05. The molecule has 0 aliphatic carbocycles. The van der Waals surface area contributed by atoms with E-state index in [0.717, 1.165) is 34.0 Å². The summed E-state index contributed by atoms with van der Waals surface area (Å²) in [4.78, 5) is 0. The third-order valence-corrected chi connectivity index (χ3v) is 9.27. The molecule has 1 atom stereocenters. The predicted octanol–water partition coefficient (Wildman–Crippen LogP) is 6.46. The Hall–Kier alpha value is -5.16. The second-order valence-electron chi connectivity index (χ2n) is 11.2. The molecule has 40 heavy (non-hydrogen) atoms. The van der Waals surface area contributed by atoms with Gasteiger partial charge in [0.1, 0.15) is 17.0 Å². The minimum absolute atomic E-state index is 0.644. The van der Waals surface area contributed by atoms with Gasteiger partial charge >= 0.3 is 11.3 Å². The average Bonchev–Trinajstić information content (AvgIpc) is 3.66. The number of hydrogen-bond acceptors (Lipinski definition) is 1. The van der Waals surface area contributed by atoms with Gasteiger partial charge in [0, 0.05) is 17.0 Å². The van der Waals surface area contributed by atoms with Crippen molar-refractivity contribution < 1.29 is 14.0 Å². The van der Waals surface area contributed by atoms with Crippen molar-refractivity contribution >= 4 is 21.9 Å². The normalized spacial score (nSPS) is 17.1. The lowest BCUT2D eigenvalue weighted by Crippen LogP contribution is -2.76. The fraction of sp³-hybridized carbons (Fsp3) is 0.0857. The molecular weight excluding hydrogens is 492 g/mol. The summed E-state index contributed by atoms with van der Waals surface area (Å²) >= 11 is 0. The molecule has 0 saturated heterocycles. The molecule has 3 aromatic heterocycles. The zero-order valence-electron chi connectivity index (χ0n) is 22.1. The van der Waals surface area contributed by atoms with Crippen LogP contribution in [0, 0.1) is 13.8 Å². The Balaban J connectivity index is 1.47. The first-order valence-electron chi connectivity index (χ1n) is 13.8. The summed E-state index contributed by atoms with van der Waals surface area (Å²) in [6, 6.07) is 32.9. The van der Waals surface area contributed by atoms with Crippen LogP contribution in [0.4, 0.5) is 0 Å². The number of aromatic nitrogens is 4. The predicted molar refractivity (Wildman–Crippen MR) is 153 cm³/mol. The van der Waals surface area contributed by atoms with E-state index < -0.39 is 5.66 Å². The van der Waals surface area contributed by atoms with Gasteiger partial charge < -0.3 is 4.74 Å². The number of ether oxygens (including phenoxy) is 1. The number of hydrogen-bond donors (Lipinski definition) is 0. The van der Waals surface area contributed by atoms with Crippen LogP contribution in [-0.4, -0.2) is 9.25 Å². The Morgan fingerprint density at radius 1 is 0.700 bits per heavy atom. The summed E-state index contributed by atoms with van der Waals surface area (Å²) in [5, 5.41) is 2.50.